The van der Waals surface area contributed by atoms with Crippen molar-refractivity contribution in [3.63, 3.8) is 0 Å². The Bertz CT molecular complexity index is 437. The van der Waals surface area contributed by atoms with E-state index in [0.29, 0.717) is 26.0 Å². The number of carbonyl (C=O) groups excluding carboxylic acids is 2. The molecule has 5 heteroatoms. The number of carbonyl (C=O) groups is 2. The lowest BCUT2D eigenvalue weighted by Gasteiger charge is -2.03. The molecule has 1 aliphatic rings. The van der Waals surface area contributed by atoms with Gasteiger partial charge in [0.25, 0.3) is 0 Å². The monoisotopic (exact) mass is 236 g/mol. The molecule has 0 saturated carbocycles. The van der Waals surface area contributed by atoms with Gasteiger partial charge in [0, 0.05) is 18.3 Å². The number of ether oxygens (including phenoxy) is 1. The van der Waals surface area contributed by atoms with Crippen molar-refractivity contribution < 1.29 is 14.3 Å². The highest BCUT2D eigenvalue weighted by Gasteiger charge is 2.18. The summed E-state index contributed by atoms with van der Waals surface area (Å²) in [6.45, 7) is 2.70. The Morgan fingerprint density at radius 2 is 2.29 bits per heavy atom. The molecular weight excluding hydrogens is 220 g/mol. The fourth-order valence-electron chi connectivity index (χ4n) is 2.05. The summed E-state index contributed by atoms with van der Waals surface area (Å²) in [5.74, 6) is -0.172. The van der Waals surface area contributed by atoms with E-state index < -0.39 is 0 Å². The second-order valence-corrected chi connectivity index (χ2v) is 4.03. The number of amides is 1. The van der Waals surface area contributed by atoms with E-state index in [4.69, 9.17) is 4.74 Å². The zero-order chi connectivity index (χ0) is 12.3. The highest BCUT2D eigenvalue weighted by atomic mass is 16.5. The number of esters is 1. The van der Waals surface area contributed by atoms with Crippen LogP contribution in [0.25, 0.3) is 0 Å². The number of hydrogen-bond donors (Lipinski definition) is 2. The van der Waals surface area contributed by atoms with E-state index in [0.717, 1.165) is 16.8 Å². The summed E-state index contributed by atoms with van der Waals surface area (Å²) in [4.78, 5) is 25.8. The Labute approximate surface area is 99.5 Å². The van der Waals surface area contributed by atoms with Crippen LogP contribution in [0.3, 0.4) is 0 Å². The van der Waals surface area contributed by atoms with Crippen LogP contribution >= 0.6 is 0 Å². The number of rotatable bonds is 3. The van der Waals surface area contributed by atoms with Crippen LogP contribution in [0.5, 0.6) is 0 Å². The molecule has 5 nitrogen and oxygen atoms in total. The third kappa shape index (κ3) is 2.67. The molecule has 0 aromatic carbocycles. The van der Waals surface area contributed by atoms with E-state index in [9.17, 15) is 9.59 Å². The van der Waals surface area contributed by atoms with Gasteiger partial charge in [-0.05, 0) is 24.5 Å². The minimum absolute atomic E-state index is 0.0525. The van der Waals surface area contributed by atoms with Crippen LogP contribution in [-0.2, 0) is 33.7 Å². The highest BCUT2D eigenvalue weighted by Crippen LogP contribution is 2.19. The Morgan fingerprint density at radius 3 is 3.06 bits per heavy atom. The van der Waals surface area contributed by atoms with Gasteiger partial charge in [-0.3, -0.25) is 9.59 Å². The molecule has 0 spiro atoms. The summed E-state index contributed by atoms with van der Waals surface area (Å²) >= 11 is 0. The smallest absolute Gasteiger partial charge is 0.310 e. The number of aromatic amines is 1. The second-order valence-electron chi connectivity index (χ2n) is 4.03. The standard InChI is InChI=1S/C12H16N2O3/c1-2-17-12(16)5-8-6-13-10-7-14-11(15)4-3-9(8)10/h6,13H,2-5,7H2,1H3,(H,14,15). The van der Waals surface area contributed by atoms with E-state index in [1.165, 1.54) is 0 Å². The normalized spacial score (nSPS) is 14.8. The third-order valence-electron chi connectivity index (χ3n) is 2.88. The molecule has 92 valence electrons. The molecule has 0 bridgehead atoms. The largest absolute Gasteiger partial charge is 0.466 e. The fourth-order valence-corrected chi connectivity index (χ4v) is 2.05. The first-order valence-corrected chi connectivity index (χ1v) is 5.81. The molecule has 1 amide bonds. The first kappa shape index (κ1) is 11.7. The number of nitrogens with one attached hydrogen (secondary N) is 2. The lowest BCUT2D eigenvalue weighted by atomic mass is 10.0. The highest BCUT2D eigenvalue weighted by molar-refractivity contribution is 5.77. The van der Waals surface area contributed by atoms with Crippen LogP contribution in [0.2, 0.25) is 0 Å². The lowest BCUT2D eigenvalue weighted by molar-refractivity contribution is -0.142. The topological polar surface area (TPSA) is 71.2 Å². The maximum Gasteiger partial charge on any atom is 0.310 e. The molecule has 0 radical (unpaired) electrons. The van der Waals surface area contributed by atoms with Gasteiger partial charge in [-0.2, -0.15) is 0 Å². The van der Waals surface area contributed by atoms with Gasteiger partial charge in [0.2, 0.25) is 5.91 Å². The van der Waals surface area contributed by atoms with Gasteiger partial charge in [-0.1, -0.05) is 0 Å². The second kappa shape index (κ2) is 5.03. The van der Waals surface area contributed by atoms with Crippen LogP contribution in [0.4, 0.5) is 0 Å². The van der Waals surface area contributed by atoms with Crippen LogP contribution in [-0.4, -0.2) is 23.5 Å². The SMILES string of the molecule is CCOC(=O)Cc1c[nH]c2c1CCC(=O)NC2. The number of H-pyrrole nitrogens is 1. The third-order valence-corrected chi connectivity index (χ3v) is 2.88. The molecule has 0 atom stereocenters. The van der Waals surface area contributed by atoms with Gasteiger partial charge < -0.3 is 15.0 Å². The summed E-state index contributed by atoms with van der Waals surface area (Å²) < 4.78 is 4.92. The first-order valence-electron chi connectivity index (χ1n) is 5.81. The van der Waals surface area contributed by atoms with Gasteiger partial charge in [-0.25, -0.2) is 0 Å². The van der Waals surface area contributed by atoms with Crippen molar-refractivity contribution in [1.29, 1.82) is 0 Å². The van der Waals surface area contributed by atoms with E-state index in [1.807, 2.05) is 6.20 Å². The molecule has 1 aromatic rings. The molecule has 0 unspecified atom stereocenters. The maximum absolute atomic E-state index is 11.4. The predicted molar refractivity (Wildman–Crippen MR) is 61.3 cm³/mol. The van der Waals surface area contributed by atoms with Crippen LogP contribution in [0.15, 0.2) is 6.20 Å². The summed E-state index contributed by atoms with van der Waals surface area (Å²) in [5.41, 5.74) is 3.02. The minimum atomic E-state index is -0.224. The van der Waals surface area contributed by atoms with Crippen LogP contribution in [0, 0.1) is 0 Å². The van der Waals surface area contributed by atoms with Crippen LogP contribution in [0.1, 0.15) is 30.2 Å². The number of hydrogen-bond acceptors (Lipinski definition) is 3. The average molecular weight is 236 g/mol. The Morgan fingerprint density at radius 1 is 1.47 bits per heavy atom. The van der Waals surface area contributed by atoms with Crippen molar-refractivity contribution in [3.8, 4) is 0 Å². The zero-order valence-electron chi connectivity index (χ0n) is 9.84. The molecular formula is C12H16N2O3. The van der Waals surface area contributed by atoms with Gasteiger partial charge in [0.05, 0.1) is 19.6 Å². The van der Waals surface area contributed by atoms with Gasteiger partial charge in [0.15, 0.2) is 0 Å². The predicted octanol–water partition coefficient (Wildman–Crippen LogP) is 0.683. The fraction of sp³-hybridized carbons (Fsp3) is 0.500. The van der Waals surface area contributed by atoms with E-state index in [-0.39, 0.29) is 18.3 Å². The summed E-state index contributed by atoms with van der Waals surface area (Å²) in [7, 11) is 0. The van der Waals surface area contributed by atoms with E-state index in [1.54, 1.807) is 6.92 Å². The number of fused-ring (bicyclic) bond motifs is 1. The molecule has 0 aliphatic carbocycles. The molecule has 2 N–H and O–H groups in total. The van der Waals surface area contributed by atoms with Gasteiger partial charge in [0.1, 0.15) is 0 Å². The minimum Gasteiger partial charge on any atom is -0.466 e. The van der Waals surface area contributed by atoms with Crippen LogP contribution < -0.4 is 5.32 Å². The summed E-state index contributed by atoms with van der Waals surface area (Å²) in [5, 5.41) is 2.81. The summed E-state index contributed by atoms with van der Waals surface area (Å²) in [6.07, 6.45) is 3.26. The molecule has 2 rings (SSSR count). The summed E-state index contributed by atoms with van der Waals surface area (Å²) in [6, 6.07) is 0. The Kier molecular flexibility index (Phi) is 3.46. The van der Waals surface area contributed by atoms with E-state index >= 15 is 0 Å². The molecule has 0 fully saturated rings. The Hall–Kier alpha value is -1.78. The Balaban J connectivity index is 2.12. The van der Waals surface area contributed by atoms with Gasteiger partial charge in [-0.15, -0.1) is 0 Å². The quantitative estimate of drug-likeness (QED) is 0.758. The molecule has 2 heterocycles. The zero-order valence-corrected chi connectivity index (χ0v) is 9.84. The van der Waals surface area contributed by atoms with Crippen molar-refractivity contribution in [1.82, 2.24) is 10.3 Å². The van der Waals surface area contributed by atoms with Crippen molar-refractivity contribution in [2.24, 2.45) is 0 Å². The van der Waals surface area contributed by atoms with Gasteiger partial charge >= 0.3 is 5.97 Å². The first-order chi connectivity index (χ1) is 8.20. The number of aromatic nitrogens is 1. The average Bonchev–Trinajstić information content (AvgIpc) is 2.56. The molecule has 1 aliphatic heterocycles. The lowest BCUT2D eigenvalue weighted by Crippen LogP contribution is -2.20. The van der Waals surface area contributed by atoms with Crippen molar-refractivity contribution in [2.45, 2.75) is 32.7 Å². The van der Waals surface area contributed by atoms with Crippen molar-refractivity contribution >= 4 is 11.9 Å². The van der Waals surface area contributed by atoms with Crippen molar-refractivity contribution in [2.75, 3.05) is 6.61 Å². The van der Waals surface area contributed by atoms with Crippen molar-refractivity contribution in [3.05, 3.63) is 23.0 Å². The molecule has 17 heavy (non-hydrogen) atoms. The maximum atomic E-state index is 11.4. The van der Waals surface area contributed by atoms with E-state index in [2.05, 4.69) is 10.3 Å². The molecule has 0 saturated heterocycles. The molecule has 1 aromatic heterocycles.